The minimum atomic E-state index is -2.45. The highest BCUT2D eigenvalue weighted by Crippen LogP contribution is 2.37. The Bertz CT molecular complexity index is 1140. The van der Waals surface area contributed by atoms with Gasteiger partial charge in [-0.15, -0.1) is 0 Å². The summed E-state index contributed by atoms with van der Waals surface area (Å²) < 4.78 is 16.3. The van der Waals surface area contributed by atoms with Crippen molar-refractivity contribution in [2.45, 2.75) is 30.2 Å². The van der Waals surface area contributed by atoms with Crippen LogP contribution in [0.2, 0.25) is 0 Å². The molecular weight excluding hydrogens is 408 g/mol. The third kappa shape index (κ3) is 3.61. The summed E-state index contributed by atoms with van der Waals surface area (Å²) in [5, 5.41) is 51.0. The fourth-order valence-electron chi connectivity index (χ4n) is 3.67. The van der Waals surface area contributed by atoms with Gasteiger partial charge in [0.05, 0.1) is 19.1 Å². The number of aliphatic hydroxyl groups is 5. The predicted octanol–water partition coefficient (Wildman–Crippen LogP) is 0.0875. The lowest BCUT2D eigenvalue weighted by molar-refractivity contribution is -0.357. The number of rotatable bonds is 4. The highest BCUT2D eigenvalue weighted by molar-refractivity contribution is 5.79. The molecule has 1 aliphatic rings. The molecule has 0 unspecified atom stereocenters. The SMILES string of the molecule is COc1ccc(-c2cc(=O)c3ccc([C@]4(O)O[C@H](CO)[C@@H](O)[C@H](O)[C@H]4O)cc3o2)cc1. The molecule has 164 valence electrons. The number of hydrogen-bond acceptors (Lipinski definition) is 9. The molecule has 31 heavy (non-hydrogen) atoms. The third-order valence-electron chi connectivity index (χ3n) is 5.48. The lowest BCUT2D eigenvalue weighted by Gasteiger charge is -2.45. The van der Waals surface area contributed by atoms with Gasteiger partial charge in [0.15, 0.2) is 5.43 Å². The molecule has 4 rings (SSSR count). The zero-order valence-electron chi connectivity index (χ0n) is 16.5. The maximum absolute atomic E-state index is 12.6. The van der Waals surface area contributed by atoms with E-state index in [4.69, 9.17) is 13.9 Å². The molecule has 0 amide bonds. The van der Waals surface area contributed by atoms with Crippen LogP contribution < -0.4 is 10.2 Å². The molecule has 1 saturated heterocycles. The lowest BCUT2D eigenvalue weighted by Crippen LogP contribution is -2.63. The Labute approximate surface area is 176 Å². The van der Waals surface area contributed by atoms with Crippen LogP contribution in [0.4, 0.5) is 0 Å². The van der Waals surface area contributed by atoms with Crippen LogP contribution in [-0.4, -0.2) is 63.7 Å². The first-order valence-corrected chi connectivity index (χ1v) is 9.56. The molecule has 5 atom stereocenters. The Morgan fingerprint density at radius 3 is 2.39 bits per heavy atom. The van der Waals surface area contributed by atoms with E-state index in [1.54, 1.807) is 24.3 Å². The van der Waals surface area contributed by atoms with E-state index >= 15 is 0 Å². The molecule has 3 aromatic rings. The zero-order valence-corrected chi connectivity index (χ0v) is 16.5. The number of ether oxygens (including phenoxy) is 2. The summed E-state index contributed by atoms with van der Waals surface area (Å²) in [4.78, 5) is 12.6. The van der Waals surface area contributed by atoms with Gasteiger partial charge in [-0.05, 0) is 36.4 Å². The standard InChI is InChI=1S/C22H22O9/c1-29-13-5-2-11(3-6-13)16-9-15(24)14-7-4-12(8-17(14)30-16)22(28)21(27)20(26)19(25)18(10-23)31-22/h2-9,18-21,23,25-28H,10H2,1H3/t18-,19-,20+,21-,22+/m1/s1. The second-order valence-electron chi connectivity index (χ2n) is 7.38. The van der Waals surface area contributed by atoms with Crippen LogP contribution in [0.1, 0.15) is 5.56 Å². The molecule has 1 aromatic heterocycles. The Morgan fingerprint density at radius 1 is 1.03 bits per heavy atom. The Morgan fingerprint density at radius 2 is 1.74 bits per heavy atom. The summed E-state index contributed by atoms with van der Waals surface area (Å²) in [6, 6.07) is 12.3. The quantitative estimate of drug-likeness (QED) is 0.388. The number of methoxy groups -OCH3 is 1. The zero-order chi connectivity index (χ0) is 22.3. The molecule has 9 heteroatoms. The van der Waals surface area contributed by atoms with Crippen molar-refractivity contribution in [3.05, 3.63) is 64.3 Å². The van der Waals surface area contributed by atoms with Gasteiger partial charge in [-0.25, -0.2) is 0 Å². The largest absolute Gasteiger partial charge is 0.497 e. The molecule has 2 heterocycles. The van der Waals surface area contributed by atoms with Gasteiger partial charge < -0.3 is 39.4 Å². The van der Waals surface area contributed by atoms with E-state index in [2.05, 4.69) is 0 Å². The average molecular weight is 430 g/mol. The van der Waals surface area contributed by atoms with Gasteiger partial charge in [0.25, 0.3) is 0 Å². The number of benzene rings is 2. The molecule has 0 bridgehead atoms. The van der Waals surface area contributed by atoms with Crippen molar-refractivity contribution in [3.8, 4) is 17.1 Å². The Balaban J connectivity index is 1.80. The van der Waals surface area contributed by atoms with E-state index in [1.807, 2.05) is 0 Å². The monoisotopic (exact) mass is 430 g/mol. The van der Waals surface area contributed by atoms with Crippen molar-refractivity contribution in [1.29, 1.82) is 0 Å². The van der Waals surface area contributed by atoms with Gasteiger partial charge in [0.2, 0.25) is 5.79 Å². The first-order valence-electron chi connectivity index (χ1n) is 9.56. The molecule has 2 aromatic carbocycles. The molecule has 5 N–H and O–H groups in total. The van der Waals surface area contributed by atoms with E-state index < -0.39 is 36.8 Å². The van der Waals surface area contributed by atoms with Crippen molar-refractivity contribution in [1.82, 2.24) is 0 Å². The summed E-state index contributed by atoms with van der Waals surface area (Å²) in [5.41, 5.74) is 0.393. The van der Waals surface area contributed by atoms with Crippen molar-refractivity contribution in [2.24, 2.45) is 0 Å². The van der Waals surface area contributed by atoms with Crippen molar-refractivity contribution < 1.29 is 39.4 Å². The van der Waals surface area contributed by atoms with Crippen molar-refractivity contribution >= 4 is 11.0 Å². The minimum Gasteiger partial charge on any atom is -0.497 e. The molecule has 1 aliphatic heterocycles. The van der Waals surface area contributed by atoms with Crippen LogP contribution in [0.25, 0.3) is 22.3 Å². The number of fused-ring (bicyclic) bond motifs is 1. The van der Waals surface area contributed by atoms with Crippen LogP contribution in [-0.2, 0) is 10.5 Å². The second-order valence-corrected chi connectivity index (χ2v) is 7.38. The first-order chi connectivity index (χ1) is 14.8. The minimum absolute atomic E-state index is 0.0214. The summed E-state index contributed by atoms with van der Waals surface area (Å²) >= 11 is 0. The van der Waals surface area contributed by atoms with E-state index in [0.29, 0.717) is 11.3 Å². The summed E-state index contributed by atoms with van der Waals surface area (Å²) in [6.45, 7) is -0.697. The van der Waals surface area contributed by atoms with E-state index in [9.17, 15) is 30.3 Å². The van der Waals surface area contributed by atoms with Crippen LogP contribution in [0.3, 0.4) is 0 Å². The molecular formula is C22H22O9. The van der Waals surface area contributed by atoms with E-state index in [1.165, 1.54) is 31.4 Å². The average Bonchev–Trinajstić information content (AvgIpc) is 2.79. The summed E-state index contributed by atoms with van der Waals surface area (Å²) in [7, 11) is 1.54. The third-order valence-corrected chi connectivity index (χ3v) is 5.48. The van der Waals surface area contributed by atoms with Gasteiger partial charge in [-0.2, -0.15) is 0 Å². The Hall–Kier alpha value is -2.79. The molecule has 0 radical (unpaired) electrons. The molecule has 0 saturated carbocycles. The molecule has 9 nitrogen and oxygen atoms in total. The number of aliphatic hydroxyl groups excluding tert-OH is 4. The highest BCUT2D eigenvalue weighted by atomic mass is 16.7. The van der Waals surface area contributed by atoms with Crippen LogP contribution in [0.5, 0.6) is 5.75 Å². The first kappa shape index (κ1) is 21.4. The fourth-order valence-corrected chi connectivity index (χ4v) is 3.67. The van der Waals surface area contributed by atoms with Crippen LogP contribution in [0, 0.1) is 0 Å². The lowest BCUT2D eigenvalue weighted by atomic mass is 9.88. The smallest absolute Gasteiger partial charge is 0.222 e. The molecule has 0 aliphatic carbocycles. The number of hydrogen-bond donors (Lipinski definition) is 5. The van der Waals surface area contributed by atoms with Gasteiger partial charge in [0, 0.05) is 17.2 Å². The van der Waals surface area contributed by atoms with Crippen molar-refractivity contribution in [2.75, 3.05) is 13.7 Å². The summed E-state index contributed by atoms with van der Waals surface area (Å²) in [5.74, 6) is -1.54. The van der Waals surface area contributed by atoms with Gasteiger partial charge in [-0.1, -0.05) is 6.07 Å². The van der Waals surface area contributed by atoms with Crippen LogP contribution >= 0.6 is 0 Å². The second kappa shape index (κ2) is 8.04. The van der Waals surface area contributed by atoms with E-state index in [0.717, 1.165) is 0 Å². The highest BCUT2D eigenvalue weighted by Gasteiger charge is 2.53. The van der Waals surface area contributed by atoms with Gasteiger partial charge in [-0.3, -0.25) is 4.79 Å². The summed E-state index contributed by atoms with van der Waals surface area (Å²) in [6.07, 6.45) is -6.62. The normalized spacial score (nSPS) is 28.6. The molecule has 1 fully saturated rings. The maximum atomic E-state index is 12.6. The van der Waals surface area contributed by atoms with Gasteiger partial charge in [0.1, 0.15) is 41.5 Å². The maximum Gasteiger partial charge on any atom is 0.222 e. The van der Waals surface area contributed by atoms with E-state index in [-0.39, 0.29) is 27.7 Å². The predicted molar refractivity (Wildman–Crippen MR) is 108 cm³/mol. The Kier molecular flexibility index (Phi) is 5.56. The molecule has 0 spiro atoms. The fraction of sp³-hybridized carbons (Fsp3) is 0.318. The van der Waals surface area contributed by atoms with Gasteiger partial charge >= 0.3 is 0 Å². The van der Waals surface area contributed by atoms with Crippen molar-refractivity contribution in [3.63, 3.8) is 0 Å². The van der Waals surface area contributed by atoms with Crippen LogP contribution in [0.15, 0.2) is 57.7 Å². The topological polar surface area (TPSA) is 150 Å².